The van der Waals surface area contributed by atoms with E-state index in [2.05, 4.69) is 20.5 Å². The van der Waals surface area contributed by atoms with Crippen molar-refractivity contribution in [3.63, 3.8) is 0 Å². The fourth-order valence-electron chi connectivity index (χ4n) is 1.91. The first-order valence-electron chi connectivity index (χ1n) is 6.42. The second kappa shape index (κ2) is 5.77. The summed E-state index contributed by atoms with van der Waals surface area (Å²) < 4.78 is 1.62. The highest BCUT2D eigenvalue weighted by Gasteiger charge is 2.15. The minimum Gasteiger partial charge on any atom is -0.481 e. The summed E-state index contributed by atoms with van der Waals surface area (Å²) in [5.74, 6) is -0.621. The molecule has 0 spiro atoms. The number of aliphatic carboxylic acids is 1. The fourth-order valence-corrected chi connectivity index (χ4v) is 1.91. The molecular formula is C13H17N5O2. The normalized spacial score (nSPS) is 12.3. The lowest BCUT2D eigenvalue weighted by atomic mass is 10.1. The van der Waals surface area contributed by atoms with Crippen LogP contribution in [0.2, 0.25) is 0 Å². The van der Waals surface area contributed by atoms with Gasteiger partial charge in [0.2, 0.25) is 0 Å². The van der Waals surface area contributed by atoms with Crippen molar-refractivity contribution in [2.75, 3.05) is 0 Å². The molecule has 20 heavy (non-hydrogen) atoms. The third-order valence-corrected chi connectivity index (χ3v) is 3.19. The molecule has 0 saturated carbocycles. The van der Waals surface area contributed by atoms with Crippen LogP contribution in [0.25, 0.3) is 11.4 Å². The van der Waals surface area contributed by atoms with Crippen molar-refractivity contribution in [1.82, 2.24) is 25.2 Å². The molecule has 2 rings (SSSR count). The van der Waals surface area contributed by atoms with Gasteiger partial charge in [-0.2, -0.15) is 0 Å². The molecule has 1 atom stereocenters. The van der Waals surface area contributed by atoms with Crippen molar-refractivity contribution in [3.05, 3.63) is 23.5 Å². The maximum atomic E-state index is 10.8. The first-order chi connectivity index (χ1) is 9.49. The van der Waals surface area contributed by atoms with Crippen molar-refractivity contribution in [2.24, 2.45) is 5.92 Å². The van der Waals surface area contributed by atoms with Crippen LogP contribution in [-0.2, 0) is 11.3 Å². The van der Waals surface area contributed by atoms with Gasteiger partial charge in [-0.25, -0.2) is 4.68 Å². The molecule has 0 fully saturated rings. The highest BCUT2D eigenvalue weighted by atomic mass is 16.4. The molecule has 1 unspecified atom stereocenters. The van der Waals surface area contributed by atoms with Gasteiger partial charge in [0.15, 0.2) is 5.82 Å². The van der Waals surface area contributed by atoms with E-state index >= 15 is 0 Å². The number of aryl methyl sites for hydroxylation is 3. The minimum atomic E-state index is -0.812. The Bertz CT molecular complexity index is 623. The van der Waals surface area contributed by atoms with Crippen LogP contribution < -0.4 is 0 Å². The Kier molecular flexibility index (Phi) is 4.07. The zero-order chi connectivity index (χ0) is 14.7. The highest BCUT2D eigenvalue weighted by molar-refractivity contribution is 5.69. The zero-order valence-electron chi connectivity index (χ0n) is 11.7. The lowest BCUT2D eigenvalue weighted by Crippen LogP contribution is -2.14. The Morgan fingerprint density at radius 2 is 2.15 bits per heavy atom. The Balaban J connectivity index is 2.22. The SMILES string of the molecule is Cc1ccc(-c2nnnn2CCC(C)C(=O)O)c(C)n1. The predicted octanol–water partition coefficient (Wildman–Crippen LogP) is 1.46. The first kappa shape index (κ1) is 14.1. The van der Waals surface area contributed by atoms with Gasteiger partial charge >= 0.3 is 5.97 Å². The molecule has 0 aromatic carbocycles. The molecule has 0 saturated heterocycles. The molecule has 2 aromatic rings. The van der Waals surface area contributed by atoms with E-state index in [1.54, 1.807) is 11.6 Å². The number of aromatic nitrogens is 5. The fraction of sp³-hybridized carbons (Fsp3) is 0.462. The summed E-state index contributed by atoms with van der Waals surface area (Å²) in [6.45, 7) is 5.96. The van der Waals surface area contributed by atoms with E-state index in [4.69, 9.17) is 5.11 Å². The van der Waals surface area contributed by atoms with Crippen LogP contribution in [0.15, 0.2) is 12.1 Å². The Morgan fingerprint density at radius 3 is 2.80 bits per heavy atom. The number of rotatable bonds is 5. The predicted molar refractivity (Wildman–Crippen MR) is 71.9 cm³/mol. The molecule has 0 aliphatic heterocycles. The van der Waals surface area contributed by atoms with Gasteiger partial charge in [0.25, 0.3) is 0 Å². The van der Waals surface area contributed by atoms with Crippen molar-refractivity contribution in [1.29, 1.82) is 0 Å². The molecule has 0 amide bonds. The largest absolute Gasteiger partial charge is 0.481 e. The zero-order valence-corrected chi connectivity index (χ0v) is 11.7. The summed E-state index contributed by atoms with van der Waals surface area (Å²) >= 11 is 0. The number of tetrazole rings is 1. The van der Waals surface area contributed by atoms with E-state index < -0.39 is 11.9 Å². The Labute approximate surface area is 116 Å². The molecular weight excluding hydrogens is 258 g/mol. The third kappa shape index (κ3) is 2.98. The van der Waals surface area contributed by atoms with Crippen LogP contribution >= 0.6 is 0 Å². The number of hydrogen-bond acceptors (Lipinski definition) is 5. The number of carbonyl (C=O) groups is 1. The van der Waals surface area contributed by atoms with Crippen LogP contribution in [0.3, 0.4) is 0 Å². The summed E-state index contributed by atoms with van der Waals surface area (Å²) in [4.78, 5) is 15.2. The lowest BCUT2D eigenvalue weighted by Gasteiger charge is -2.09. The van der Waals surface area contributed by atoms with Gasteiger partial charge in [-0.3, -0.25) is 9.78 Å². The second-order valence-corrected chi connectivity index (χ2v) is 4.84. The van der Waals surface area contributed by atoms with Crippen LogP contribution in [0, 0.1) is 19.8 Å². The van der Waals surface area contributed by atoms with E-state index in [-0.39, 0.29) is 0 Å². The Hall–Kier alpha value is -2.31. The quantitative estimate of drug-likeness (QED) is 0.887. The van der Waals surface area contributed by atoms with Gasteiger partial charge in [0.05, 0.1) is 5.92 Å². The maximum Gasteiger partial charge on any atom is 0.306 e. The van der Waals surface area contributed by atoms with Crippen molar-refractivity contribution in [3.8, 4) is 11.4 Å². The first-order valence-corrected chi connectivity index (χ1v) is 6.42. The molecule has 2 heterocycles. The van der Waals surface area contributed by atoms with Gasteiger partial charge in [0, 0.05) is 23.5 Å². The number of hydrogen-bond donors (Lipinski definition) is 1. The second-order valence-electron chi connectivity index (χ2n) is 4.84. The lowest BCUT2D eigenvalue weighted by molar-refractivity contribution is -0.141. The van der Waals surface area contributed by atoms with Crippen LogP contribution in [0.1, 0.15) is 24.7 Å². The van der Waals surface area contributed by atoms with Gasteiger partial charge in [-0.05, 0) is 42.8 Å². The molecule has 2 aromatic heterocycles. The smallest absolute Gasteiger partial charge is 0.306 e. The van der Waals surface area contributed by atoms with E-state index in [0.717, 1.165) is 17.0 Å². The van der Waals surface area contributed by atoms with Crippen LogP contribution in [-0.4, -0.2) is 36.3 Å². The third-order valence-electron chi connectivity index (χ3n) is 3.19. The topological polar surface area (TPSA) is 93.8 Å². The minimum absolute atomic E-state index is 0.427. The van der Waals surface area contributed by atoms with Gasteiger partial charge < -0.3 is 5.11 Å². The van der Waals surface area contributed by atoms with Gasteiger partial charge in [-0.15, -0.1) is 5.10 Å². The summed E-state index contributed by atoms with van der Waals surface area (Å²) in [6.07, 6.45) is 0.478. The maximum absolute atomic E-state index is 10.8. The number of pyridine rings is 1. The molecule has 0 aliphatic carbocycles. The van der Waals surface area contributed by atoms with Crippen molar-refractivity contribution >= 4 is 5.97 Å². The molecule has 0 bridgehead atoms. The Morgan fingerprint density at radius 1 is 1.40 bits per heavy atom. The monoisotopic (exact) mass is 275 g/mol. The van der Waals surface area contributed by atoms with Crippen molar-refractivity contribution < 1.29 is 9.90 Å². The molecule has 7 nitrogen and oxygen atoms in total. The van der Waals surface area contributed by atoms with Crippen LogP contribution in [0.4, 0.5) is 0 Å². The number of carboxylic acid groups (broad SMARTS) is 1. The molecule has 106 valence electrons. The van der Waals surface area contributed by atoms with Gasteiger partial charge in [-0.1, -0.05) is 6.92 Å². The highest BCUT2D eigenvalue weighted by Crippen LogP contribution is 2.20. The van der Waals surface area contributed by atoms with E-state index in [0.29, 0.717) is 18.8 Å². The number of carboxylic acids is 1. The van der Waals surface area contributed by atoms with Crippen molar-refractivity contribution in [2.45, 2.75) is 33.7 Å². The van der Waals surface area contributed by atoms with E-state index in [9.17, 15) is 4.79 Å². The van der Waals surface area contributed by atoms with E-state index in [1.165, 1.54) is 0 Å². The standard InChI is InChI=1S/C13H17N5O2/c1-8(13(19)20)6-7-18-12(15-16-17-18)11-5-4-9(2)14-10(11)3/h4-5,8H,6-7H2,1-3H3,(H,19,20). The average Bonchev–Trinajstić information content (AvgIpc) is 2.84. The molecule has 7 heteroatoms. The molecule has 0 radical (unpaired) electrons. The summed E-state index contributed by atoms with van der Waals surface area (Å²) in [7, 11) is 0. The summed E-state index contributed by atoms with van der Waals surface area (Å²) in [5.41, 5.74) is 2.65. The van der Waals surface area contributed by atoms with E-state index in [1.807, 2.05) is 26.0 Å². The molecule has 0 aliphatic rings. The summed E-state index contributed by atoms with van der Waals surface area (Å²) in [5, 5.41) is 20.5. The number of nitrogens with zero attached hydrogens (tertiary/aromatic N) is 5. The van der Waals surface area contributed by atoms with Gasteiger partial charge in [0.1, 0.15) is 0 Å². The average molecular weight is 275 g/mol. The summed E-state index contributed by atoms with van der Waals surface area (Å²) in [6, 6.07) is 3.84. The molecule has 1 N–H and O–H groups in total. The van der Waals surface area contributed by atoms with Crippen LogP contribution in [0.5, 0.6) is 0 Å².